The number of carbonyl (C=O) groups is 1. The molecule has 23 heavy (non-hydrogen) atoms. The lowest BCUT2D eigenvalue weighted by Gasteiger charge is -2.41. The van der Waals surface area contributed by atoms with Crippen LogP contribution >= 0.6 is 0 Å². The molecule has 1 saturated carbocycles. The first-order valence-electron chi connectivity index (χ1n) is 8.85. The molecule has 0 spiro atoms. The number of likely N-dealkylation sites (tertiary alicyclic amines) is 1. The van der Waals surface area contributed by atoms with Gasteiger partial charge in [0.05, 0.1) is 5.69 Å². The highest BCUT2D eigenvalue weighted by molar-refractivity contribution is 6.01. The third-order valence-corrected chi connectivity index (χ3v) is 5.61. The first-order chi connectivity index (χ1) is 11.3. The van der Waals surface area contributed by atoms with E-state index in [4.69, 9.17) is 0 Å². The summed E-state index contributed by atoms with van der Waals surface area (Å²) < 4.78 is 0. The maximum absolute atomic E-state index is 12.7. The molecule has 1 heterocycles. The van der Waals surface area contributed by atoms with Crippen molar-refractivity contribution in [3.8, 4) is 0 Å². The van der Waals surface area contributed by atoms with Crippen LogP contribution in [0.25, 0.3) is 10.8 Å². The van der Waals surface area contributed by atoms with Crippen LogP contribution in [0, 0.1) is 11.8 Å². The molecular formula is C20H24N2O. The van der Waals surface area contributed by atoms with Crippen LogP contribution in [0.15, 0.2) is 42.5 Å². The maximum atomic E-state index is 12.7. The van der Waals surface area contributed by atoms with Gasteiger partial charge in [0.1, 0.15) is 0 Å². The average Bonchev–Trinajstić information content (AvgIpc) is 2.61. The average molecular weight is 308 g/mol. The Hall–Kier alpha value is -2.03. The zero-order valence-corrected chi connectivity index (χ0v) is 13.5. The van der Waals surface area contributed by atoms with E-state index in [9.17, 15) is 4.79 Å². The van der Waals surface area contributed by atoms with Gasteiger partial charge >= 0.3 is 6.03 Å². The number of anilines is 1. The van der Waals surface area contributed by atoms with Gasteiger partial charge in [-0.2, -0.15) is 0 Å². The Bertz CT molecular complexity index is 706. The van der Waals surface area contributed by atoms with Crippen LogP contribution in [0.5, 0.6) is 0 Å². The summed E-state index contributed by atoms with van der Waals surface area (Å²) in [6.07, 6.45) is 6.54. The Morgan fingerprint density at radius 3 is 2.65 bits per heavy atom. The molecule has 0 aromatic heterocycles. The molecule has 2 aliphatic rings. The largest absolute Gasteiger partial charge is 0.324 e. The molecule has 3 nitrogen and oxygen atoms in total. The van der Waals surface area contributed by atoms with E-state index in [0.29, 0.717) is 0 Å². The molecule has 1 N–H and O–H groups in total. The number of amides is 2. The number of carbonyl (C=O) groups excluding carboxylic acids is 1. The third-order valence-electron chi connectivity index (χ3n) is 5.61. The predicted octanol–water partition coefficient (Wildman–Crippen LogP) is 4.88. The molecule has 2 atom stereocenters. The third kappa shape index (κ3) is 2.92. The molecule has 1 aliphatic heterocycles. The van der Waals surface area contributed by atoms with Crippen molar-refractivity contribution in [3.63, 3.8) is 0 Å². The number of urea groups is 1. The summed E-state index contributed by atoms with van der Waals surface area (Å²) in [5.74, 6) is 1.57. The number of hydrogen-bond donors (Lipinski definition) is 1. The van der Waals surface area contributed by atoms with Crippen LogP contribution in [0.3, 0.4) is 0 Å². The summed E-state index contributed by atoms with van der Waals surface area (Å²) in [5, 5.41) is 5.41. The monoisotopic (exact) mass is 308 g/mol. The van der Waals surface area contributed by atoms with Gasteiger partial charge in [0.2, 0.25) is 0 Å². The Balaban J connectivity index is 1.49. The van der Waals surface area contributed by atoms with Crippen molar-refractivity contribution in [1.29, 1.82) is 0 Å². The molecule has 3 heteroatoms. The zero-order valence-electron chi connectivity index (χ0n) is 13.5. The van der Waals surface area contributed by atoms with Gasteiger partial charge in [0.25, 0.3) is 0 Å². The molecule has 4 rings (SSSR count). The molecule has 0 unspecified atom stereocenters. The minimum atomic E-state index is 0.0605. The normalized spacial score (nSPS) is 24.3. The minimum Gasteiger partial charge on any atom is -0.324 e. The lowest BCUT2D eigenvalue weighted by molar-refractivity contribution is 0.108. The first-order valence-corrected chi connectivity index (χ1v) is 8.85. The topological polar surface area (TPSA) is 32.3 Å². The highest BCUT2D eigenvalue weighted by atomic mass is 16.2. The van der Waals surface area contributed by atoms with Crippen molar-refractivity contribution in [2.75, 3.05) is 18.4 Å². The van der Waals surface area contributed by atoms with Crippen LogP contribution in [0.4, 0.5) is 10.5 Å². The number of hydrogen-bond acceptors (Lipinski definition) is 1. The highest BCUT2D eigenvalue weighted by Crippen LogP contribution is 2.36. The van der Waals surface area contributed by atoms with Gasteiger partial charge in [-0.15, -0.1) is 0 Å². The van der Waals surface area contributed by atoms with E-state index in [1.807, 2.05) is 29.2 Å². The van der Waals surface area contributed by atoms with Crippen LogP contribution in [0.2, 0.25) is 0 Å². The standard InChI is InChI=1S/C20H24N2O/c23-20(22-13-12-15-6-1-2-8-17(15)14-22)21-19-11-5-9-16-7-3-4-10-18(16)19/h3-5,7,9-11,15,17H,1-2,6,8,12-14H2,(H,21,23)/t15-,17+/m1/s1. The summed E-state index contributed by atoms with van der Waals surface area (Å²) in [7, 11) is 0. The fraction of sp³-hybridized carbons (Fsp3) is 0.450. The number of piperidine rings is 1. The van der Waals surface area contributed by atoms with Crippen molar-refractivity contribution in [3.05, 3.63) is 42.5 Å². The minimum absolute atomic E-state index is 0.0605. The second-order valence-electron chi connectivity index (χ2n) is 7.00. The Labute approximate surface area is 137 Å². The van der Waals surface area contributed by atoms with Gasteiger partial charge in [-0.1, -0.05) is 55.7 Å². The van der Waals surface area contributed by atoms with E-state index in [0.717, 1.165) is 41.4 Å². The van der Waals surface area contributed by atoms with Gasteiger partial charge in [0.15, 0.2) is 0 Å². The number of nitrogens with one attached hydrogen (secondary N) is 1. The predicted molar refractivity (Wildman–Crippen MR) is 94.6 cm³/mol. The van der Waals surface area contributed by atoms with Crippen molar-refractivity contribution >= 4 is 22.5 Å². The van der Waals surface area contributed by atoms with Gasteiger partial charge in [0, 0.05) is 18.5 Å². The number of fused-ring (bicyclic) bond motifs is 2. The maximum Gasteiger partial charge on any atom is 0.321 e. The molecule has 120 valence electrons. The molecule has 2 aromatic carbocycles. The van der Waals surface area contributed by atoms with Crippen LogP contribution in [0.1, 0.15) is 32.1 Å². The molecular weight excluding hydrogens is 284 g/mol. The Morgan fingerprint density at radius 1 is 0.957 bits per heavy atom. The van der Waals surface area contributed by atoms with E-state index >= 15 is 0 Å². The van der Waals surface area contributed by atoms with Gasteiger partial charge in [-0.05, 0) is 36.1 Å². The summed E-state index contributed by atoms with van der Waals surface area (Å²) >= 11 is 0. The van der Waals surface area contributed by atoms with E-state index in [2.05, 4.69) is 23.5 Å². The van der Waals surface area contributed by atoms with E-state index in [1.165, 1.54) is 32.1 Å². The molecule has 2 fully saturated rings. The fourth-order valence-electron chi connectivity index (χ4n) is 4.31. The Morgan fingerprint density at radius 2 is 1.74 bits per heavy atom. The van der Waals surface area contributed by atoms with Gasteiger partial charge < -0.3 is 10.2 Å². The van der Waals surface area contributed by atoms with Gasteiger partial charge in [-0.3, -0.25) is 0 Å². The fourth-order valence-corrected chi connectivity index (χ4v) is 4.31. The first kappa shape index (κ1) is 14.6. The Kier molecular flexibility index (Phi) is 3.94. The molecule has 2 amide bonds. The second-order valence-corrected chi connectivity index (χ2v) is 7.00. The van der Waals surface area contributed by atoms with E-state index < -0.39 is 0 Å². The molecule has 1 aliphatic carbocycles. The summed E-state index contributed by atoms with van der Waals surface area (Å²) in [5.41, 5.74) is 0.916. The quantitative estimate of drug-likeness (QED) is 0.799. The van der Waals surface area contributed by atoms with Crippen LogP contribution < -0.4 is 5.32 Å². The zero-order chi connectivity index (χ0) is 15.6. The smallest absolute Gasteiger partial charge is 0.321 e. The summed E-state index contributed by atoms with van der Waals surface area (Å²) in [6, 6.07) is 14.3. The van der Waals surface area contributed by atoms with Crippen molar-refractivity contribution in [2.45, 2.75) is 32.1 Å². The second kappa shape index (κ2) is 6.23. The van der Waals surface area contributed by atoms with E-state index in [-0.39, 0.29) is 6.03 Å². The van der Waals surface area contributed by atoms with Crippen molar-refractivity contribution in [1.82, 2.24) is 4.90 Å². The van der Waals surface area contributed by atoms with Crippen LogP contribution in [-0.4, -0.2) is 24.0 Å². The summed E-state index contributed by atoms with van der Waals surface area (Å²) in [6.45, 7) is 1.83. The molecule has 0 radical (unpaired) electrons. The number of benzene rings is 2. The molecule has 0 bridgehead atoms. The summed E-state index contributed by atoms with van der Waals surface area (Å²) in [4.78, 5) is 14.7. The van der Waals surface area contributed by atoms with Crippen LogP contribution in [-0.2, 0) is 0 Å². The number of nitrogens with zero attached hydrogens (tertiary/aromatic N) is 1. The molecule has 1 saturated heterocycles. The molecule has 2 aromatic rings. The highest BCUT2D eigenvalue weighted by Gasteiger charge is 2.32. The SMILES string of the molecule is O=C(Nc1cccc2ccccc12)N1CC[C@H]2CCCC[C@H]2C1. The van der Waals surface area contributed by atoms with Crippen molar-refractivity contribution in [2.24, 2.45) is 11.8 Å². The van der Waals surface area contributed by atoms with Crippen molar-refractivity contribution < 1.29 is 4.79 Å². The lowest BCUT2D eigenvalue weighted by Crippen LogP contribution is -2.46. The lowest BCUT2D eigenvalue weighted by atomic mass is 9.75. The van der Waals surface area contributed by atoms with E-state index in [1.54, 1.807) is 0 Å². The number of rotatable bonds is 1. The van der Waals surface area contributed by atoms with Gasteiger partial charge in [-0.25, -0.2) is 4.79 Å².